The predicted molar refractivity (Wildman–Crippen MR) is 111 cm³/mol. The number of methoxy groups -OCH3 is 2. The molecule has 1 saturated heterocycles. The monoisotopic (exact) mass is 396 g/mol. The Morgan fingerprint density at radius 2 is 1.83 bits per heavy atom. The molecule has 2 aromatic rings. The number of likely N-dealkylation sites (tertiary alicyclic amines) is 1. The number of fused-ring (bicyclic) bond motifs is 1. The van der Waals surface area contributed by atoms with Crippen LogP contribution in [0, 0.1) is 18.8 Å². The first-order valence-corrected chi connectivity index (χ1v) is 9.99. The van der Waals surface area contributed by atoms with Crippen molar-refractivity contribution >= 4 is 11.7 Å². The topological polar surface area (TPSA) is 71.0 Å². The van der Waals surface area contributed by atoms with Crippen LogP contribution in [0.25, 0.3) is 0 Å². The van der Waals surface area contributed by atoms with E-state index < -0.39 is 5.60 Å². The van der Waals surface area contributed by atoms with E-state index in [1.807, 2.05) is 54.3 Å². The van der Waals surface area contributed by atoms with Crippen LogP contribution in [0.5, 0.6) is 11.5 Å². The van der Waals surface area contributed by atoms with Gasteiger partial charge in [0.1, 0.15) is 11.5 Å². The number of hydrogen-bond donors (Lipinski definition) is 2. The molecule has 1 aliphatic heterocycles. The number of carbonyl (C=O) groups is 1. The second-order valence-electron chi connectivity index (χ2n) is 8.23. The van der Waals surface area contributed by atoms with Gasteiger partial charge in [0, 0.05) is 13.1 Å². The zero-order valence-corrected chi connectivity index (χ0v) is 17.1. The maximum Gasteiger partial charge on any atom is 0.321 e. The van der Waals surface area contributed by atoms with Crippen LogP contribution in [0.2, 0.25) is 0 Å². The van der Waals surface area contributed by atoms with Gasteiger partial charge in [0.05, 0.1) is 25.5 Å². The van der Waals surface area contributed by atoms with Gasteiger partial charge in [-0.3, -0.25) is 0 Å². The van der Waals surface area contributed by atoms with Gasteiger partial charge in [-0.05, 0) is 67.0 Å². The number of aryl methyl sites for hydroxylation is 1. The Hall–Kier alpha value is -2.73. The van der Waals surface area contributed by atoms with Crippen molar-refractivity contribution in [3.05, 3.63) is 53.6 Å². The van der Waals surface area contributed by atoms with Crippen LogP contribution < -0.4 is 14.8 Å². The Bertz CT molecular complexity index is 900. The van der Waals surface area contributed by atoms with Crippen LogP contribution in [0.1, 0.15) is 24.0 Å². The molecular formula is C23H28N2O4. The van der Waals surface area contributed by atoms with Gasteiger partial charge in [-0.15, -0.1) is 0 Å². The minimum atomic E-state index is -0.855. The highest BCUT2D eigenvalue weighted by atomic mass is 16.5. The molecule has 1 saturated carbocycles. The zero-order valence-electron chi connectivity index (χ0n) is 17.1. The average molecular weight is 396 g/mol. The Labute approximate surface area is 171 Å². The van der Waals surface area contributed by atoms with Crippen molar-refractivity contribution in [1.29, 1.82) is 0 Å². The second kappa shape index (κ2) is 7.59. The number of hydrogen-bond acceptors (Lipinski definition) is 4. The van der Waals surface area contributed by atoms with E-state index >= 15 is 0 Å². The highest BCUT2D eigenvalue weighted by molar-refractivity contribution is 5.91. The minimum absolute atomic E-state index is 0.117. The molecule has 2 fully saturated rings. The fraction of sp³-hybridized carbons (Fsp3) is 0.435. The summed E-state index contributed by atoms with van der Waals surface area (Å²) in [5.74, 6) is 1.98. The summed E-state index contributed by atoms with van der Waals surface area (Å²) in [5.41, 5.74) is 1.78. The van der Waals surface area contributed by atoms with Gasteiger partial charge in [-0.2, -0.15) is 0 Å². The van der Waals surface area contributed by atoms with E-state index in [1.165, 1.54) is 0 Å². The number of nitrogens with zero attached hydrogens (tertiary/aromatic N) is 1. The number of nitrogens with one attached hydrogen (secondary N) is 1. The van der Waals surface area contributed by atoms with E-state index in [-0.39, 0.29) is 17.9 Å². The van der Waals surface area contributed by atoms with Crippen molar-refractivity contribution < 1.29 is 19.4 Å². The number of benzene rings is 2. The standard InChI is InChI=1S/C23H28N2O4/c1-15-7-8-21(29-3)20(9-15)24-22(26)25-13-16-11-23(27,12-17(16)14-25)18-5-4-6-19(10-18)28-2/h4-10,16-17,27H,11-14H2,1-3H3,(H,24,26)/t16-,17+,23?. The molecule has 1 aliphatic carbocycles. The zero-order chi connectivity index (χ0) is 20.6. The first-order valence-electron chi connectivity index (χ1n) is 9.99. The molecule has 1 heterocycles. The SMILES string of the molecule is COc1cccc(C2(O)C[C@H]3CN(C(=O)Nc4cc(C)ccc4OC)C[C@H]3C2)c1. The Morgan fingerprint density at radius 3 is 2.48 bits per heavy atom. The lowest BCUT2D eigenvalue weighted by atomic mass is 9.90. The summed E-state index contributed by atoms with van der Waals surface area (Å²) >= 11 is 0. The van der Waals surface area contributed by atoms with Crippen molar-refractivity contribution in [1.82, 2.24) is 4.90 Å². The Balaban J connectivity index is 1.42. The van der Waals surface area contributed by atoms with E-state index in [0.29, 0.717) is 37.4 Å². The summed E-state index contributed by atoms with van der Waals surface area (Å²) < 4.78 is 10.7. The lowest BCUT2D eigenvalue weighted by Gasteiger charge is -2.27. The molecule has 2 aromatic carbocycles. The molecule has 2 N–H and O–H groups in total. The molecule has 1 unspecified atom stereocenters. The lowest BCUT2D eigenvalue weighted by molar-refractivity contribution is 0.0326. The number of amides is 2. The van der Waals surface area contributed by atoms with Crippen molar-refractivity contribution in [3.8, 4) is 11.5 Å². The van der Waals surface area contributed by atoms with Gasteiger partial charge in [0.2, 0.25) is 0 Å². The van der Waals surface area contributed by atoms with Crippen molar-refractivity contribution in [2.24, 2.45) is 11.8 Å². The van der Waals surface area contributed by atoms with Gasteiger partial charge in [-0.1, -0.05) is 18.2 Å². The highest BCUT2D eigenvalue weighted by Crippen LogP contribution is 2.49. The van der Waals surface area contributed by atoms with Gasteiger partial charge in [-0.25, -0.2) is 4.79 Å². The molecule has 154 valence electrons. The predicted octanol–water partition coefficient (Wildman–Crippen LogP) is 3.77. The van der Waals surface area contributed by atoms with E-state index in [2.05, 4.69) is 5.32 Å². The van der Waals surface area contributed by atoms with Gasteiger partial charge >= 0.3 is 6.03 Å². The van der Waals surface area contributed by atoms with Crippen LogP contribution >= 0.6 is 0 Å². The maximum absolute atomic E-state index is 12.8. The molecule has 29 heavy (non-hydrogen) atoms. The molecule has 3 atom stereocenters. The van der Waals surface area contributed by atoms with Crippen LogP contribution in [-0.2, 0) is 5.60 Å². The number of anilines is 1. The maximum atomic E-state index is 12.8. The average Bonchev–Trinajstić information content (AvgIpc) is 3.24. The number of ether oxygens (including phenoxy) is 2. The molecule has 2 amide bonds. The van der Waals surface area contributed by atoms with Crippen LogP contribution in [0.4, 0.5) is 10.5 Å². The molecular weight excluding hydrogens is 368 g/mol. The van der Waals surface area contributed by atoms with Crippen molar-refractivity contribution in [2.45, 2.75) is 25.4 Å². The summed E-state index contributed by atoms with van der Waals surface area (Å²) in [5, 5.41) is 14.2. The van der Waals surface area contributed by atoms with Crippen LogP contribution in [0.3, 0.4) is 0 Å². The van der Waals surface area contributed by atoms with Crippen LogP contribution in [0.15, 0.2) is 42.5 Å². The molecule has 6 heteroatoms. The number of carbonyl (C=O) groups excluding carboxylic acids is 1. The molecule has 0 radical (unpaired) electrons. The summed E-state index contributed by atoms with van der Waals surface area (Å²) in [7, 11) is 3.23. The largest absolute Gasteiger partial charge is 0.497 e. The lowest BCUT2D eigenvalue weighted by Crippen LogP contribution is -2.35. The van der Waals surface area contributed by atoms with Crippen molar-refractivity contribution in [3.63, 3.8) is 0 Å². The molecule has 2 aliphatic rings. The normalized spacial score (nSPS) is 25.6. The van der Waals surface area contributed by atoms with E-state index in [0.717, 1.165) is 16.9 Å². The molecule has 4 rings (SSSR count). The quantitative estimate of drug-likeness (QED) is 0.825. The number of aliphatic hydroxyl groups is 1. The number of urea groups is 1. The fourth-order valence-electron chi connectivity index (χ4n) is 4.78. The van der Waals surface area contributed by atoms with E-state index in [4.69, 9.17) is 9.47 Å². The van der Waals surface area contributed by atoms with Crippen LogP contribution in [-0.4, -0.2) is 43.3 Å². The molecule has 0 spiro atoms. The summed E-state index contributed by atoms with van der Waals surface area (Å²) in [6, 6.07) is 13.3. The van der Waals surface area contributed by atoms with Gasteiger partial charge in [0.25, 0.3) is 0 Å². The third-order valence-corrected chi connectivity index (χ3v) is 6.27. The highest BCUT2D eigenvalue weighted by Gasteiger charge is 2.50. The molecule has 6 nitrogen and oxygen atoms in total. The Kier molecular flexibility index (Phi) is 5.13. The molecule has 0 aromatic heterocycles. The minimum Gasteiger partial charge on any atom is -0.497 e. The second-order valence-corrected chi connectivity index (χ2v) is 8.23. The van der Waals surface area contributed by atoms with E-state index in [9.17, 15) is 9.90 Å². The van der Waals surface area contributed by atoms with Gasteiger partial charge in [0.15, 0.2) is 0 Å². The summed E-state index contributed by atoms with van der Waals surface area (Å²) in [6.45, 7) is 3.28. The third kappa shape index (κ3) is 3.77. The fourth-order valence-corrected chi connectivity index (χ4v) is 4.78. The van der Waals surface area contributed by atoms with Crippen molar-refractivity contribution in [2.75, 3.05) is 32.6 Å². The smallest absolute Gasteiger partial charge is 0.321 e. The molecule has 0 bridgehead atoms. The first kappa shape index (κ1) is 19.6. The first-order chi connectivity index (χ1) is 13.9. The third-order valence-electron chi connectivity index (χ3n) is 6.27. The summed E-state index contributed by atoms with van der Waals surface area (Å²) in [4.78, 5) is 14.7. The number of rotatable bonds is 4. The van der Waals surface area contributed by atoms with E-state index in [1.54, 1.807) is 14.2 Å². The van der Waals surface area contributed by atoms with Gasteiger partial charge < -0.3 is 24.8 Å². The summed E-state index contributed by atoms with van der Waals surface area (Å²) in [6.07, 6.45) is 1.31. The Morgan fingerprint density at radius 1 is 1.10 bits per heavy atom.